The molecule has 1 fully saturated rings. The second-order valence-corrected chi connectivity index (χ2v) is 16.7. The van der Waals surface area contributed by atoms with Crippen molar-refractivity contribution >= 4 is 12.4 Å². The van der Waals surface area contributed by atoms with Crippen molar-refractivity contribution in [2.24, 2.45) is 0 Å². The number of rotatable bonds is 27. The van der Waals surface area contributed by atoms with Gasteiger partial charge in [-0.05, 0) is 185 Å². The Morgan fingerprint density at radius 3 is 0.868 bits per heavy atom. The normalized spacial score (nSPS) is 16.3. The largest absolute Gasteiger partial charge is 0.311 e. The second kappa shape index (κ2) is 33.3. The molecule has 0 aromatic rings. The van der Waals surface area contributed by atoms with Gasteiger partial charge < -0.3 is 5.32 Å². The van der Waals surface area contributed by atoms with Crippen LogP contribution in [0.3, 0.4) is 0 Å². The fourth-order valence-corrected chi connectivity index (χ4v) is 6.94. The average molecular weight is 749 g/mol. The third-order valence-electron chi connectivity index (χ3n) is 10.8. The zero-order chi connectivity index (χ0) is 38.4. The van der Waals surface area contributed by atoms with E-state index in [1.807, 2.05) is 0 Å². The molecule has 1 aliphatic carbocycles. The van der Waals surface area contributed by atoms with E-state index in [1.165, 1.54) is 179 Å². The maximum Gasteiger partial charge on any atom is 0.0140 e. The Bertz CT molecular complexity index is 1250. The second-order valence-electron chi connectivity index (χ2n) is 16.7. The number of halogens is 1. The monoisotopic (exact) mass is 748 g/mol. The minimum Gasteiger partial charge on any atom is -0.311 e. The Balaban J connectivity index is 0.0000270. The van der Waals surface area contributed by atoms with Gasteiger partial charge in [0.1, 0.15) is 0 Å². The lowest BCUT2D eigenvalue weighted by molar-refractivity contribution is 0.385. The van der Waals surface area contributed by atoms with Gasteiger partial charge in [0.2, 0.25) is 0 Å². The van der Waals surface area contributed by atoms with Gasteiger partial charge in [-0.1, -0.05) is 124 Å². The molecule has 0 aliphatic heterocycles. The first kappa shape index (κ1) is 50.9. The average Bonchev–Trinajstić information content (AvgIpc) is 3.08. The number of allylic oxidation sites excluding steroid dienone is 17. The third kappa shape index (κ3) is 31.9. The van der Waals surface area contributed by atoms with E-state index in [-0.39, 0.29) is 12.4 Å². The van der Waals surface area contributed by atoms with E-state index in [2.05, 4.69) is 129 Å². The van der Waals surface area contributed by atoms with Gasteiger partial charge >= 0.3 is 0 Å². The molecular weight excluding hydrogens is 662 g/mol. The molecule has 1 aliphatic rings. The standard InChI is InChI=1S/C51H85N.ClH/c1-42(2)22-14-23-43(3)24-15-25-44(4)26-16-27-45(5)28-17-29-46(6)30-18-31-47(7)32-19-33-48(8)34-20-35-49(9)36-21-37-50(10)40-41-52-51-38-12-11-13-39-51;/h22,24,26,28,30,32,34,36,40,51-52H,11-21,23,25,27,29,31,33,35,37-39,41H2,1-10H3;1H/b43-24+,44-26+,45-28+,46-30+,47-32+,48-34+,49-36+,50-40+;. The highest BCUT2D eigenvalue weighted by Crippen LogP contribution is 2.19. The highest BCUT2D eigenvalue weighted by molar-refractivity contribution is 5.85. The van der Waals surface area contributed by atoms with E-state index in [4.69, 9.17) is 0 Å². The highest BCUT2D eigenvalue weighted by Gasteiger charge is 2.11. The summed E-state index contributed by atoms with van der Waals surface area (Å²) in [6, 6.07) is 0.755. The van der Waals surface area contributed by atoms with Crippen LogP contribution in [0.15, 0.2) is 105 Å². The summed E-state index contributed by atoms with van der Waals surface area (Å²) in [5, 5.41) is 3.74. The van der Waals surface area contributed by atoms with Crippen molar-refractivity contribution in [1.82, 2.24) is 5.32 Å². The Morgan fingerprint density at radius 2 is 0.604 bits per heavy atom. The molecule has 0 heterocycles. The summed E-state index contributed by atoms with van der Waals surface area (Å²) in [6.45, 7) is 23.8. The van der Waals surface area contributed by atoms with Crippen molar-refractivity contribution in [3.8, 4) is 0 Å². The van der Waals surface area contributed by atoms with E-state index < -0.39 is 0 Å². The van der Waals surface area contributed by atoms with Crippen molar-refractivity contribution < 1.29 is 0 Å². The van der Waals surface area contributed by atoms with Crippen LogP contribution in [-0.4, -0.2) is 12.6 Å². The summed E-state index contributed by atoms with van der Waals surface area (Å²) in [7, 11) is 0. The van der Waals surface area contributed by atoms with Crippen LogP contribution in [-0.2, 0) is 0 Å². The third-order valence-corrected chi connectivity index (χ3v) is 10.8. The van der Waals surface area contributed by atoms with Crippen LogP contribution < -0.4 is 5.32 Å². The zero-order valence-corrected chi connectivity index (χ0v) is 37.6. The topological polar surface area (TPSA) is 12.0 Å². The maximum absolute atomic E-state index is 3.74. The number of hydrogen-bond acceptors (Lipinski definition) is 1. The van der Waals surface area contributed by atoms with Gasteiger partial charge in [-0.15, -0.1) is 12.4 Å². The van der Waals surface area contributed by atoms with E-state index >= 15 is 0 Å². The lowest BCUT2D eigenvalue weighted by Gasteiger charge is -2.22. The molecule has 1 saturated carbocycles. The minimum absolute atomic E-state index is 0. The van der Waals surface area contributed by atoms with Gasteiger partial charge in [-0.3, -0.25) is 0 Å². The van der Waals surface area contributed by atoms with Gasteiger partial charge in [-0.2, -0.15) is 0 Å². The molecule has 2 heteroatoms. The lowest BCUT2D eigenvalue weighted by Crippen LogP contribution is -2.31. The fraction of sp³-hybridized carbons (Fsp3) is 0.647. The summed E-state index contributed by atoms with van der Waals surface area (Å²) in [5.74, 6) is 0. The SMILES string of the molecule is CC(C)=CCC/C(C)=C/CC/C(C)=C/CC/C(C)=C/CC/C(C)=C/CC/C(C)=C/CC/C(C)=C/CC/C(C)=C/CC/C(C)=C/CNC1CCCCC1.Cl. The predicted molar refractivity (Wildman–Crippen MR) is 245 cm³/mol. The molecule has 302 valence electrons. The Hall–Kier alpha value is -2.09. The van der Waals surface area contributed by atoms with Crippen LogP contribution >= 0.6 is 12.4 Å². The molecule has 0 spiro atoms. The van der Waals surface area contributed by atoms with Crippen molar-refractivity contribution in [3.05, 3.63) is 105 Å². The minimum atomic E-state index is 0. The van der Waals surface area contributed by atoms with Crippen molar-refractivity contribution in [2.45, 2.75) is 210 Å². The Labute approximate surface area is 337 Å². The summed E-state index contributed by atoms with van der Waals surface area (Å²) < 4.78 is 0. The summed E-state index contributed by atoms with van der Waals surface area (Å²) in [4.78, 5) is 0. The zero-order valence-electron chi connectivity index (χ0n) is 36.7. The lowest BCUT2D eigenvalue weighted by atomic mass is 9.95. The highest BCUT2D eigenvalue weighted by atomic mass is 35.5. The molecule has 0 amide bonds. The molecule has 1 N–H and O–H groups in total. The number of hydrogen-bond donors (Lipinski definition) is 1. The molecular formula is C51H86ClN. The van der Waals surface area contributed by atoms with Crippen LogP contribution in [0.5, 0.6) is 0 Å². The van der Waals surface area contributed by atoms with Gasteiger partial charge in [-0.25, -0.2) is 0 Å². The maximum atomic E-state index is 3.74. The first-order valence-electron chi connectivity index (χ1n) is 21.6. The molecule has 0 saturated heterocycles. The smallest absolute Gasteiger partial charge is 0.0140 e. The van der Waals surface area contributed by atoms with Gasteiger partial charge in [0.15, 0.2) is 0 Å². The molecule has 0 radical (unpaired) electrons. The molecule has 1 nitrogen and oxygen atoms in total. The van der Waals surface area contributed by atoms with Gasteiger partial charge in [0.25, 0.3) is 0 Å². The molecule has 0 bridgehead atoms. The van der Waals surface area contributed by atoms with Crippen LogP contribution in [0.2, 0.25) is 0 Å². The number of nitrogens with one attached hydrogen (secondary N) is 1. The quantitative estimate of drug-likeness (QED) is 0.0825. The van der Waals surface area contributed by atoms with E-state index in [9.17, 15) is 0 Å². The first-order chi connectivity index (χ1) is 24.9. The fourth-order valence-electron chi connectivity index (χ4n) is 6.94. The van der Waals surface area contributed by atoms with E-state index in [0.29, 0.717) is 0 Å². The summed E-state index contributed by atoms with van der Waals surface area (Å²) in [5.41, 5.74) is 13.7. The van der Waals surface area contributed by atoms with Crippen LogP contribution in [0.4, 0.5) is 0 Å². The van der Waals surface area contributed by atoms with E-state index in [0.717, 1.165) is 19.0 Å². The van der Waals surface area contributed by atoms with Crippen LogP contribution in [0.25, 0.3) is 0 Å². The van der Waals surface area contributed by atoms with Crippen molar-refractivity contribution in [2.75, 3.05) is 6.54 Å². The Kier molecular flexibility index (Phi) is 32.0. The molecule has 0 aromatic heterocycles. The van der Waals surface area contributed by atoms with Gasteiger partial charge in [0, 0.05) is 12.6 Å². The first-order valence-corrected chi connectivity index (χ1v) is 21.6. The van der Waals surface area contributed by atoms with Crippen LogP contribution in [0, 0.1) is 0 Å². The molecule has 53 heavy (non-hydrogen) atoms. The van der Waals surface area contributed by atoms with Crippen molar-refractivity contribution in [1.29, 1.82) is 0 Å². The molecule has 0 unspecified atom stereocenters. The summed E-state index contributed by atoms with van der Waals surface area (Å²) >= 11 is 0. The van der Waals surface area contributed by atoms with E-state index in [1.54, 1.807) is 0 Å². The van der Waals surface area contributed by atoms with Crippen LogP contribution in [0.1, 0.15) is 204 Å². The Morgan fingerprint density at radius 1 is 0.358 bits per heavy atom. The summed E-state index contributed by atoms with van der Waals surface area (Å²) in [6.07, 6.45) is 47.8. The molecule has 0 aromatic carbocycles. The predicted octanol–water partition coefficient (Wildman–Crippen LogP) is 17.1. The van der Waals surface area contributed by atoms with Crippen molar-refractivity contribution in [3.63, 3.8) is 0 Å². The van der Waals surface area contributed by atoms with Gasteiger partial charge in [0.05, 0.1) is 0 Å². The molecule has 1 rings (SSSR count). The molecule has 0 atom stereocenters.